The molecule has 1 fully saturated rings. The number of rotatable bonds is 5. The average Bonchev–Trinajstić information content (AvgIpc) is 3.50. The van der Waals surface area contributed by atoms with Crippen LogP contribution in [0.2, 0.25) is 0 Å². The molecule has 2 aromatic heterocycles. The van der Waals surface area contributed by atoms with Crippen LogP contribution >= 0.6 is 0 Å². The number of hydroxylamine groups is 2. The Bertz CT molecular complexity index is 1270. The van der Waals surface area contributed by atoms with Gasteiger partial charge in [0.1, 0.15) is 11.4 Å². The number of halogens is 3. The van der Waals surface area contributed by atoms with E-state index in [0.29, 0.717) is 24.1 Å². The van der Waals surface area contributed by atoms with Crippen molar-refractivity contribution >= 4 is 15.8 Å². The lowest BCUT2D eigenvalue weighted by Crippen LogP contribution is -2.33. The standard InChI is InChI=1S/C20H21F3N6O2S/c1-4-32(25,30)15-7-12(19(11-24)5-6-19)9-26-17(15)18-27-13-8-16(20(21,22)23)29(31-3)10-14(13)28(18)2/h7-9,25H,4-6,10H2,1-3H3/t32-/m0/s1. The fourth-order valence-corrected chi connectivity index (χ4v) is 4.83. The van der Waals surface area contributed by atoms with Crippen LogP contribution in [0.1, 0.15) is 36.7 Å². The number of nitrogens with one attached hydrogen (secondary N) is 1. The van der Waals surface area contributed by atoms with Crippen LogP contribution in [0.25, 0.3) is 17.6 Å². The van der Waals surface area contributed by atoms with Gasteiger partial charge in [0, 0.05) is 19.0 Å². The van der Waals surface area contributed by atoms with Gasteiger partial charge in [-0.1, -0.05) is 6.92 Å². The second-order valence-electron chi connectivity index (χ2n) is 7.80. The van der Waals surface area contributed by atoms with E-state index in [2.05, 4.69) is 16.0 Å². The van der Waals surface area contributed by atoms with E-state index in [0.717, 1.165) is 18.2 Å². The monoisotopic (exact) mass is 466 g/mol. The summed E-state index contributed by atoms with van der Waals surface area (Å²) in [5.74, 6) is 0.215. The molecule has 4 rings (SSSR count). The average molecular weight is 466 g/mol. The zero-order chi connectivity index (χ0) is 23.5. The zero-order valence-corrected chi connectivity index (χ0v) is 18.5. The second-order valence-corrected chi connectivity index (χ2v) is 10.2. The fraction of sp³-hybridized carbons (Fsp3) is 0.450. The molecule has 0 aromatic carbocycles. The van der Waals surface area contributed by atoms with E-state index in [1.54, 1.807) is 24.6 Å². The summed E-state index contributed by atoms with van der Waals surface area (Å²) in [7, 11) is -0.490. The minimum Gasteiger partial charge on any atom is -0.328 e. The molecule has 32 heavy (non-hydrogen) atoms. The Morgan fingerprint density at radius 1 is 1.41 bits per heavy atom. The summed E-state index contributed by atoms with van der Waals surface area (Å²) in [4.78, 5) is 13.8. The van der Waals surface area contributed by atoms with Crippen LogP contribution in [-0.2, 0) is 33.6 Å². The summed E-state index contributed by atoms with van der Waals surface area (Å²) < 4.78 is 63.3. The third-order valence-electron chi connectivity index (χ3n) is 5.93. The number of nitriles is 1. The highest BCUT2D eigenvalue weighted by Gasteiger charge is 2.46. The largest absolute Gasteiger partial charge is 0.433 e. The number of hydrogen-bond acceptors (Lipinski definition) is 7. The lowest BCUT2D eigenvalue weighted by Gasteiger charge is -2.29. The quantitative estimate of drug-likeness (QED) is 0.719. The highest BCUT2D eigenvalue weighted by molar-refractivity contribution is 7.92. The van der Waals surface area contributed by atoms with Crippen molar-refractivity contribution in [2.45, 2.75) is 42.8 Å². The minimum atomic E-state index is -4.63. The molecule has 8 nitrogen and oxygen atoms in total. The van der Waals surface area contributed by atoms with Crippen LogP contribution in [0.3, 0.4) is 0 Å². The predicted octanol–water partition coefficient (Wildman–Crippen LogP) is 3.74. The molecule has 0 unspecified atom stereocenters. The highest BCUT2D eigenvalue weighted by Crippen LogP contribution is 2.48. The number of allylic oxidation sites excluding steroid dienone is 1. The Morgan fingerprint density at radius 3 is 2.62 bits per heavy atom. The molecule has 1 aliphatic heterocycles. The smallest absolute Gasteiger partial charge is 0.328 e. The van der Waals surface area contributed by atoms with Gasteiger partial charge in [-0.15, -0.1) is 0 Å². The van der Waals surface area contributed by atoms with Crippen LogP contribution in [0.15, 0.2) is 22.9 Å². The van der Waals surface area contributed by atoms with Crippen LogP contribution in [0, 0.1) is 16.1 Å². The van der Waals surface area contributed by atoms with Crippen molar-refractivity contribution in [2.24, 2.45) is 7.05 Å². The van der Waals surface area contributed by atoms with Crippen molar-refractivity contribution < 1.29 is 22.2 Å². The van der Waals surface area contributed by atoms with Gasteiger partial charge in [0.15, 0.2) is 5.82 Å². The SMILES string of the molecule is CC[S@](=N)(=O)c1cc(C2(C#N)CC2)cnc1-c1nc2c(n1C)CN(OC)C(C(F)(F)F)=C2. The topological polar surface area (TPSA) is 108 Å². The van der Waals surface area contributed by atoms with Gasteiger partial charge in [0.05, 0.1) is 51.2 Å². The van der Waals surface area contributed by atoms with E-state index in [9.17, 15) is 22.6 Å². The maximum absolute atomic E-state index is 13.4. The van der Waals surface area contributed by atoms with E-state index in [-0.39, 0.29) is 34.4 Å². The van der Waals surface area contributed by atoms with E-state index in [4.69, 9.17) is 9.62 Å². The molecule has 0 spiro atoms. The van der Waals surface area contributed by atoms with Crippen molar-refractivity contribution in [1.29, 1.82) is 10.0 Å². The lowest BCUT2D eigenvalue weighted by molar-refractivity contribution is -0.185. The van der Waals surface area contributed by atoms with Gasteiger partial charge < -0.3 is 4.57 Å². The Labute approximate surface area is 183 Å². The molecule has 12 heteroatoms. The van der Waals surface area contributed by atoms with Crippen molar-refractivity contribution in [3.63, 3.8) is 0 Å². The molecule has 0 bridgehead atoms. The first-order valence-electron chi connectivity index (χ1n) is 9.82. The van der Waals surface area contributed by atoms with Gasteiger partial charge in [0.2, 0.25) is 0 Å². The summed E-state index contributed by atoms with van der Waals surface area (Å²) in [6, 6.07) is 3.83. The fourth-order valence-electron chi connectivity index (χ4n) is 3.75. The number of imidazole rings is 1. The molecule has 1 aliphatic carbocycles. The maximum Gasteiger partial charge on any atom is 0.433 e. The van der Waals surface area contributed by atoms with Gasteiger partial charge in [-0.25, -0.2) is 19.0 Å². The second kappa shape index (κ2) is 7.31. The first kappa shape index (κ1) is 22.3. The van der Waals surface area contributed by atoms with E-state index in [1.807, 2.05) is 0 Å². The number of aromatic nitrogens is 3. The number of nitrogens with zero attached hydrogens (tertiary/aromatic N) is 5. The normalized spacial score (nSPS) is 19.0. The number of pyridine rings is 1. The molecule has 2 aliphatic rings. The first-order valence-corrected chi connectivity index (χ1v) is 11.5. The summed E-state index contributed by atoms with van der Waals surface area (Å²) in [5, 5.41) is 10.2. The van der Waals surface area contributed by atoms with Gasteiger partial charge in [-0.05, 0) is 30.5 Å². The molecule has 2 aromatic rings. The van der Waals surface area contributed by atoms with Gasteiger partial charge in [0.25, 0.3) is 0 Å². The Morgan fingerprint density at radius 2 is 2.09 bits per heavy atom. The highest BCUT2D eigenvalue weighted by atomic mass is 32.2. The molecular formula is C20H21F3N6O2S. The molecule has 170 valence electrons. The minimum absolute atomic E-state index is 0.0183. The van der Waals surface area contributed by atoms with Crippen LogP contribution in [0.4, 0.5) is 13.2 Å². The summed E-state index contributed by atoms with van der Waals surface area (Å²) in [6.45, 7) is 1.41. The summed E-state index contributed by atoms with van der Waals surface area (Å²) >= 11 is 0. The maximum atomic E-state index is 13.4. The molecular weight excluding hydrogens is 445 g/mol. The first-order chi connectivity index (χ1) is 15.0. The van der Waals surface area contributed by atoms with E-state index >= 15 is 0 Å². The Hall–Kier alpha value is -2.91. The van der Waals surface area contributed by atoms with Crippen molar-refractivity contribution in [3.8, 4) is 17.6 Å². The molecule has 3 heterocycles. The Balaban J connectivity index is 1.90. The molecule has 0 radical (unpaired) electrons. The zero-order valence-electron chi connectivity index (χ0n) is 17.7. The van der Waals surface area contributed by atoms with Gasteiger partial charge in [-0.3, -0.25) is 9.82 Å². The molecule has 1 N–H and O–H groups in total. The molecule has 0 amide bonds. The van der Waals surface area contributed by atoms with Crippen molar-refractivity contribution in [1.82, 2.24) is 19.6 Å². The van der Waals surface area contributed by atoms with Gasteiger partial charge in [-0.2, -0.15) is 18.4 Å². The van der Waals surface area contributed by atoms with Crippen LogP contribution < -0.4 is 0 Å². The Kier molecular flexibility index (Phi) is 5.09. The summed E-state index contributed by atoms with van der Waals surface area (Å²) in [5.41, 5.74) is -0.362. The third kappa shape index (κ3) is 3.45. The van der Waals surface area contributed by atoms with Crippen molar-refractivity contribution in [3.05, 3.63) is 34.9 Å². The lowest BCUT2D eigenvalue weighted by atomic mass is 9.99. The summed E-state index contributed by atoms with van der Waals surface area (Å²) in [6.07, 6.45) is -0.920. The van der Waals surface area contributed by atoms with Crippen LogP contribution in [0.5, 0.6) is 0 Å². The van der Waals surface area contributed by atoms with Gasteiger partial charge >= 0.3 is 6.18 Å². The molecule has 0 saturated heterocycles. The van der Waals surface area contributed by atoms with Crippen LogP contribution in [-0.4, -0.2) is 42.8 Å². The van der Waals surface area contributed by atoms with E-state index < -0.39 is 27.0 Å². The van der Waals surface area contributed by atoms with E-state index in [1.165, 1.54) is 6.20 Å². The van der Waals surface area contributed by atoms with Crippen molar-refractivity contribution in [2.75, 3.05) is 12.9 Å². The number of hydrogen-bond donors (Lipinski definition) is 1. The molecule has 1 saturated carbocycles. The molecule has 1 atom stereocenters. The number of alkyl halides is 3. The predicted molar refractivity (Wildman–Crippen MR) is 109 cm³/mol. The third-order valence-corrected chi connectivity index (χ3v) is 7.77. The number of fused-ring (bicyclic) bond motifs is 1.